The Bertz CT molecular complexity index is 1520. The smallest absolute Gasteiger partial charge is 0.419 e. The van der Waals surface area contributed by atoms with Crippen molar-refractivity contribution < 1.29 is 37.0 Å². The van der Waals surface area contributed by atoms with Crippen molar-refractivity contribution in [2.24, 2.45) is 13.0 Å². The predicted molar refractivity (Wildman–Crippen MR) is 142 cm³/mol. The minimum absolute atomic E-state index is 0.103. The van der Waals surface area contributed by atoms with Crippen LogP contribution in [0.5, 0.6) is 11.6 Å². The van der Waals surface area contributed by atoms with Crippen molar-refractivity contribution in [1.82, 2.24) is 19.4 Å². The Morgan fingerprint density at radius 3 is 2.56 bits per heavy atom. The second kappa shape index (κ2) is 12.8. The molecule has 13 heteroatoms. The lowest BCUT2D eigenvalue weighted by atomic mass is 9.97. The number of carboxylic acids is 1. The Kier molecular flexibility index (Phi) is 9.17. The molecule has 2 N–H and O–H groups in total. The number of alkyl halides is 3. The number of nitrogens with one attached hydrogen (secondary N) is 1. The molecule has 1 aliphatic heterocycles. The molecule has 41 heavy (non-hydrogen) atoms. The SMILES string of the molecule is Cn1ccc2cc(Oc3cc(CN4CCC(C(=O)O)CC4)ncn3)ccc21.O=CNc1ccc(F)c(C(F)(F)F)c1. The number of hydrogen-bond acceptors (Lipinski definition) is 6. The number of anilines is 1. The lowest BCUT2D eigenvalue weighted by Crippen LogP contribution is -2.36. The molecule has 1 aliphatic rings. The monoisotopic (exact) mass is 573 g/mol. The van der Waals surface area contributed by atoms with Crippen LogP contribution >= 0.6 is 0 Å². The van der Waals surface area contributed by atoms with Crippen LogP contribution in [-0.2, 0) is 29.4 Å². The number of hydrogen-bond donors (Lipinski definition) is 2. The summed E-state index contributed by atoms with van der Waals surface area (Å²) in [4.78, 5) is 31.8. The van der Waals surface area contributed by atoms with E-state index in [2.05, 4.69) is 19.4 Å². The zero-order chi connectivity index (χ0) is 29.6. The van der Waals surface area contributed by atoms with Gasteiger partial charge in [0.05, 0.1) is 17.2 Å². The molecule has 2 aromatic heterocycles. The Morgan fingerprint density at radius 1 is 1.12 bits per heavy atom. The number of carboxylic acid groups (broad SMARTS) is 1. The highest BCUT2D eigenvalue weighted by atomic mass is 19.4. The first-order chi connectivity index (χ1) is 19.5. The largest absolute Gasteiger partial charge is 0.481 e. The van der Waals surface area contributed by atoms with Gasteiger partial charge in [-0.2, -0.15) is 13.2 Å². The molecule has 0 bridgehead atoms. The summed E-state index contributed by atoms with van der Waals surface area (Å²) in [5.74, 6) is -1.04. The zero-order valence-electron chi connectivity index (χ0n) is 21.9. The number of aromatic nitrogens is 3. The van der Waals surface area contributed by atoms with Crippen LogP contribution in [0.25, 0.3) is 10.9 Å². The number of likely N-dealkylation sites (tertiary alicyclic amines) is 1. The second-order valence-electron chi connectivity index (χ2n) is 9.44. The first kappa shape index (κ1) is 29.5. The summed E-state index contributed by atoms with van der Waals surface area (Å²) in [5.41, 5.74) is 0.517. The number of ether oxygens (including phenoxy) is 1. The van der Waals surface area contributed by atoms with Gasteiger partial charge in [-0.25, -0.2) is 14.4 Å². The van der Waals surface area contributed by atoms with Crippen molar-refractivity contribution in [3.05, 3.63) is 78.1 Å². The quantitative estimate of drug-likeness (QED) is 0.223. The summed E-state index contributed by atoms with van der Waals surface area (Å²) in [6.45, 7) is 2.20. The summed E-state index contributed by atoms with van der Waals surface area (Å²) < 4.78 is 57.0. The van der Waals surface area contributed by atoms with Gasteiger partial charge in [-0.3, -0.25) is 14.5 Å². The average molecular weight is 574 g/mol. The van der Waals surface area contributed by atoms with Gasteiger partial charge in [0, 0.05) is 42.4 Å². The highest BCUT2D eigenvalue weighted by molar-refractivity contribution is 5.81. The van der Waals surface area contributed by atoms with Gasteiger partial charge in [0.2, 0.25) is 12.3 Å². The normalized spacial score (nSPS) is 14.3. The number of fused-ring (bicyclic) bond motifs is 1. The molecule has 1 amide bonds. The van der Waals surface area contributed by atoms with E-state index in [9.17, 15) is 27.2 Å². The van der Waals surface area contributed by atoms with E-state index in [0.717, 1.165) is 41.5 Å². The van der Waals surface area contributed by atoms with Crippen molar-refractivity contribution in [1.29, 1.82) is 0 Å². The maximum atomic E-state index is 12.7. The second-order valence-corrected chi connectivity index (χ2v) is 9.44. The van der Waals surface area contributed by atoms with Gasteiger partial charge in [0.25, 0.3) is 0 Å². The number of carbonyl (C=O) groups excluding carboxylic acids is 1. The third-order valence-corrected chi connectivity index (χ3v) is 6.60. The summed E-state index contributed by atoms with van der Waals surface area (Å²) in [5, 5.41) is 12.2. The van der Waals surface area contributed by atoms with Crippen LogP contribution in [0.2, 0.25) is 0 Å². The first-order valence-corrected chi connectivity index (χ1v) is 12.6. The topological polar surface area (TPSA) is 110 Å². The average Bonchev–Trinajstić information content (AvgIpc) is 3.30. The minimum Gasteiger partial charge on any atom is -0.481 e. The van der Waals surface area contributed by atoms with Gasteiger partial charge in [-0.15, -0.1) is 0 Å². The number of carbonyl (C=O) groups is 2. The highest BCUT2D eigenvalue weighted by Crippen LogP contribution is 2.33. The molecule has 4 aromatic rings. The number of benzene rings is 2. The van der Waals surface area contributed by atoms with Gasteiger partial charge in [-0.05, 0) is 68.4 Å². The van der Waals surface area contributed by atoms with E-state index < -0.39 is 23.5 Å². The number of nitrogens with zero attached hydrogens (tertiary/aromatic N) is 4. The fourth-order valence-corrected chi connectivity index (χ4v) is 4.43. The Morgan fingerprint density at radius 2 is 1.88 bits per heavy atom. The number of piperidine rings is 1. The first-order valence-electron chi connectivity index (χ1n) is 12.6. The zero-order valence-corrected chi connectivity index (χ0v) is 21.9. The van der Waals surface area contributed by atoms with Gasteiger partial charge >= 0.3 is 12.1 Å². The van der Waals surface area contributed by atoms with Gasteiger partial charge in [-0.1, -0.05) is 0 Å². The van der Waals surface area contributed by atoms with E-state index in [-0.39, 0.29) is 18.0 Å². The molecule has 2 aromatic carbocycles. The lowest BCUT2D eigenvalue weighted by Gasteiger charge is -2.29. The number of amides is 1. The van der Waals surface area contributed by atoms with Crippen LogP contribution in [-0.4, -0.2) is 50.0 Å². The fourth-order valence-electron chi connectivity index (χ4n) is 4.43. The molecule has 5 rings (SSSR count). The molecule has 216 valence electrons. The molecule has 9 nitrogen and oxygen atoms in total. The Balaban J connectivity index is 0.000000234. The number of aliphatic carboxylic acids is 1. The number of halogens is 4. The summed E-state index contributed by atoms with van der Waals surface area (Å²) in [7, 11) is 2.01. The molecule has 0 atom stereocenters. The van der Waals surface area contributed by atoms with Crippen LogP contribution in [0.1, 0.15) is 24.1 Å². The van der Waals surface area contributed by atoms with Crippen molar-refractivity contribution in [2.75, 3.05) is 18.4 Å². The summed E-state index contributed by atoms with van der Waals surface area (Å²) >= 11 is 0. The van der Waals surface area contributed by atoms with E-state index in [4.69, 9.17) is 9.84 Å². The molecule has 0 aliphatic carbocycles. The summed E-state index contributed by atoms with van der Waals surface area (Å²) in [6.07, 6.45) is 0.347. The Labute approximate surface area is 232 Å². The van der Waals surface area contributed by atoms with E-state index >= 15 is 0 Å². The maximum Gasteiger partial charge on any atom is 0.419 e. The van der Waals surface area contributed by atoms with Crippen LogP contribution in [0.4, 0.5) is 23.2 Å². The van der Waals surface area contributed by atoms with Crippen molar-refractivity contribution in [3.63, 3.8) is 0 Å². The molecule has 1 fully saturated rings. The van der Waals surface area contributed by atoms with Crippen LogP contribution < -0.4 is 10.1 Å². The Hall–Kier alpha value is -4.52. The van der Waals surface area contributed by atoms with Crippen molar-refractivity contribution >= 4 is 29.0 Å². The van der Waals surface area contributed by atoms with Gasteiger partial charge in [0.1, 0.15) is 17.9 Å². The van der Waals surface area contributed by atoms with Crippen molar-refractivity contribution in [3.8, 4) is 11.6 Å². The number of rotatable bonds is 7. The molecule has 0 spiro atoms. The lowest BCUT2D eigenvalue weighted by molar-refractivity contribution is -0.143. The van der Waals surface area contributed by atoms with Crippen LogP contribution in [0.3, 0.4) is 0 Å². The predicted octanol–water partition coefficient (Wildman–Crippen LogP) is 5.47. The molecule has 0 radical (unpaired) electrons. The van der Waals surface area contributed by atoms with E-state index in [1.807, 2.05) is 48.9 Å². The van der Waals surface area contributed by atoms with Crippen LogP contribution in [0.15, 0.2) is 61.1 Å². The molecule has 1 saturated heterocycles. The third-order valence-electron chi connectivity index (χ3n) is 6.60. The third kappa shape index (κ3) is 7.78. The van der Waals surface area contributed by atoms with Crippen LogP contribution in [0, 0.1) is 11.7 Å². The molecule has 0 unspecified atom stereocenters. The minimum atomic E-state index is -4.76. The van der Waals surface area contributed by atoms with E-state index in [0.29, 0.717) is 37.4 Å². The van der Waals surface area contributed by atoms with E-state index in [1.54, 1.807) is 0 Å². The molecular weight excluding hydrogens is 546 g/mol. The highest BCUT2D eigenvalue weighted by Gasteiger charge is 2.34. The maximum absolute atomic E-state index is 12.7. The standard InChI is InChI=1S/C20H22N4O3.C8H5F4NO/c1-23-7-4-15-10-17(2-3-18(15)23)27-19-11-16(21-13-22-19)12-24-8-5-14(6-9-24)20(25)26;9-7-2-1-5(13-4-14)3-6(7)8(10,11)12/h2-4,7,10-11,13-14H,5-6,8-9,12H2,1H3,(H,25,26);1-4H,(H,13,14). The van der Waals surface area contributed by atoms with Crippen molar-refractivity contribution in [2.45, 2.75) is 25.6 Å². The molecular formula is C28H27F4N5O4. The molecule has 0 saturated carbocycles. The molecule has 3 heterocycles. The van der Waals surface area contributed by atoms with E-state index in [1.165, 1.54) is 6.33 Å². The van der Waals surface area contributed by atoms with Gasteiger partial charge in [0.15, 0.2) is 0 Å². The fraction of sp³-hybridized carbons (Fsp3) is 0.286. The van der Waals surface area contributed by atoms with Gasteiger partial charge < -0.3 is 19.7 Å². The number of aryl methyl sites for hydroxylation is 1. The summed E-state index contributed by atoms with van der Waals surface area (Å²) in [6, 6.07) is 12.1.